The van der Waals surface area contributed by atoms with Crippen molar-refractivity contribution in [1.29, 1.82) is 0 Å². The predicted molar refractivity (Wildman–Crippen MR) is 118 cm³/mol. The Labute approximate surface area is 180 Å². The van der Waals surface area contributed by atoms with E-state index in [2.05, 4.69) is 15.6 Å². The van der Waals surface area contributed by atoms with Gasteiger partial charge in [-0.15, -0.1) is 0 Å². The molecular weight excluding hydrogens is 402 g/mol. The van der Waals surface area contributed by atoms with Crippen LogP contribution in [0, 0.1) is 20.8 Å². The standard InChI is InChI=1S/C23H24ClN3O3/c1-14-10-15(2)23(16(3)11-14)27-21(29)13-25-20(28)8-9-22-26-12-19(30-22)17-6-4-5-7-18(17)24/h4-7,10-12H,8-9,13H2,1-3H3,(H,25,28)(H,27,29). The van der Waals surface area contributed by atoms with E-state index in [1.807, 2.05) is 51.1 Å². The molecule has 0 bridgehead atoms. The third-order valence-corrected chi connectivity index (χ3v) is 4.98. The van der Waals surface area contributed by atoms with Crippen LogP contribution in [-0.4, -0.2) is 23.3 Å². The second kappa shape index (κ2) is 9.59. The lowest BCUT2D eigenvalue weighted by Crippen LogP contribution is -2.33. The maximum atomic E-state index is 12.2. The summed E-state index contributed by atoms with van der Waals surface area (Å²) in [5.74, 6) is 0.477. The molecule has 0 aliphatic carbocycles. The molecule has 0 atom stereocenters. The molecule has 0 aliphatic rings. The molecule has 0 radical (unpaired) electrons. The lowest BCUT2D eigenvalue weighted by atomic mass is 10.1. The molecule has 0 saturated heterocycles. The Morgan fingerprint density at radius 3 is 2.47 bits per heavy atom. The van der Waals surface area contributed by atoms with Gasteiger partial charge in [-0.1, -0.05) is 41.4 Å². The Kier molecular flexibility index (Phi) is 6.90. The van der Waals surface area contributed by atoms with Crippen LogP contribution in [0.1, 0.15) is 29.0 Å². The summed E-state index contributed by atoms with van der Waals surface area (Å²) >= 11 is 6.16. The monoisotopic (exact) mass is 425 g/mol. The molecule has 2 amide bonds. The van der Waals surface area contributed by atoms with Crippen molar-refractivity contribution < 1.29 is 14.0 Å². The van der Waals surface area contributed by atoms with Gasteiger partial charge in [-0.2, -0.15) is 0 Å². The van der Waals surface area contributed by atoms with Crippen molar-refractivity contribution in [3.63, 3.8) is 0 Å². The predicted octanol–water partition coefficient (Wildman–Crippen LogP) is 4.61. The first-order chi connectivity index (χ1) is 14.3. The maximum absolute atomic E-state index is 12.2. The van der Waals surface area contributed by atoms with Gasteiger partial charge in [0.05, 0.1) is 17.8 Å². The number of aryl methyl sites for hydroxylation is 4. The lowest BCUT2D eigenvalue weighted by Gasteiger charge is -2.13. The molecule has 1 aromatic heterocycles. The summed E-state index contributed by atoms with van der Waals surface area (Å²) in [6, 6.07) is 11.3. The second-order valence-corrected chi connectivity index (χ2v) is 7.60. The number of anilines is 1. The Bertz CT molecular complexity index is 1050. The van der Waals surface area contributed by atoms with Gasteiger partial charge in [0.1, 0.15) is 0 Å². The minimum Gasteiger partial charge on any atom is -0.441 e. The summed E-state index contributed by atoms with van der Waals surface area (Å²) in [5.41, 5.74) is 4.66. The van der Waals surface area contributed by atoms with E-state index >= 15 is 0 Å². The van der Waals surface area contributed by atoms with E-state index in [-0.39, 0.29) is 24.8 Å². The van der Waals surface area contributed by atoms with Gasteiger partial charge in [0.15, 0.2) is 11.7 Å². The Hall–Kier alpha value is -3.12. The minimum absolute atomic E-state index is 0.0952. The molecule has 6 nitrogen and oxygen atoms in total. The molecule has 3 rings (SSSR count). The number of hydrogen-bond donors (Lipinski definition) is 2. The Morgan fingerprint density at radius 2 is 1.77 bits per heavy atom. The number of hydrogen-bond acceptors (Lipinski definition) is 4. The summed E-state index contributed by atoms with van der Waals surface area (Å²) in [6.45, 7) is 5.81. The van der Waals surface area contributed by atoms with Crippen LogP contribution in [-0.2, 0) is 16.0 Å². The number of rotatable bonds is 7. The van der Waals surface area contributed by atoms with Gasteiger partial charge in [0.25, 0.3) is 0 Å². The zero-order valence-corrected chi connectivity index (χ0v) is 18.0. The van der Waals surface area contributed by atoms with Crippen molar-refractivity contribution >= 4 is 29.1 Å². The van der Waals surface area contributed by atoms with Crippen LogP contribution in [0.4, 0.5) is 5.69 Å². The average molecular weight is 426 g/mol. The van der Waals surface area contributed by atoms with E-state index in [4.69, 9.17) is 16.0 Å². The van der Waals surface area contributed by atoms with Crippen molar-refractivity contribution in [3.8, 4) is 11.3 Å². The number of halogens is 1. The molecule has 2 N–H and O–H groups in total. The maximum Gasteiger partial charge on any atom is 0.243 e. The van der Waals surface area contributed by atoms with Gasteiger partial charge in [-0.3, -0.25) is 9.59 Å². The molecule has 156 valence electrons. The number of aromatic nitrogens is 1. The summed E-state index contributed by atoms with van der Waals surface area (Å²) < 4.78 is 5.69. The molecule has 0 spiro atoms. The Morgan fingerprint density at radius 1 is 1.07 bits per heavy atom. The van der Waals surface area contributed by atoms with Crippen LogP contribution >= 0.6 is 11.6 Å². The molecular formula is C23H24ClN3O3. The van der Waals surface area contributed by atoms with Gasteiger partial charge in [0, 0.05) is 24.1 Å². The third-order valence-electron chi connectivity index (χ3n) is 4.65. The quantitative estimate of drug-likeness (QED) is 0.579. The van der Waals surface area contributed by atoms with Gasteiger partial charge in [-0.05, 0) is 44.0 Å². The highest BCUT2D eigenvalue weighted by Crippen LogP contribution is 2.28. The first kappa shape index (κ1) is 21.6. The van der Waals surface area contributed by atoms with E-state index in [0.717, 1.165) is 27.9 Å². The highest BCUT2D eigenvalue weighted by Gasteiger charge is 2.13. The molecule has 0 aliphatic heterocycles. The first-order valence-electron chi connectivity index (χ1n) is 9.67. The van der Waals surface area contributed by atoms with Gasteiger partial charge in [0.2, 0.25) is 11.8 Å². The molecule has 1 heterocycles. The molecule has 2 aromatic carbocycles. The Balaban J connectivity index is 1.48. The van der Waals surface area contributed by atoms with Gasteiger partial charge in [-0.25, -0.2) is 4.98 Å². The van der Waals surface area contributed by atoms with Crippen molar-refractivity contribution in [1.82, 2.24) is 10.3 Å². The van der Waals surface area contributed by atoms with Crippen LogP contribution in [0.5, 0.6) is 0 Å². The number of carbonyl (C=O) groups is 2. The van der Waals surface area contributed by atoms with E-state index < -0.39 is 0 Å². The fourth-order valence-corrected chi connectivity index (χ4v) is 3.49. The minimum atomic E-state index is -0.268. The van der Waals surface area contributed by atoms with Crippen molar-refractivity contribution in [2.45, 2.75) is 33.6 Å². The number of amides is 2. The third kappa shape index (κ3) is 5.48. The summed E-state index contributed by atoms with van der Waals surface area (Å²) in [7, 11) is 0. The van der Waals surface area contributed by atoms with Crippen LogP contribution in [0.3, 0.4) is 0 Å². The van der Waals surface area contributed by atoms with Crippen molar-refractivity contribution in [2.24, 2.45) is 0 Å². The summed E-state index contributed by atoms with van der Waals surface area (Å²) in [5, 5.41) is 6.07. The smallest absolute Gasteiger partial charge is 0.243 e. The number of benzene rings is 2. The number of carbonyl (C=O) groups excluding carboxylic acids is 2. The molecule has 30 heavy (non-hydrogen) atoms. The van der Waals surface area contributed by atoms with Crippen LogP contribution in [0.15, 0.2) is 47.0 Å². The average Bonchev–Trinajstić information content (AvgIpc) is 3.16. The largest absolute Gasteiger partial charge is 0.441 e. The van der Waals surface area contributed by atoms with E-state index in [1.54, 1.807) is 12.3 Å². The molecule has 3 aromatic rings. The van der Waals surface area contributed by atoms with Crippen molar-refractivity contribution in [3.05, 3.63) is 70.2 Å². The topological polar surface area (TPSA) is 84.2 Å². The summed E-state index contributed by atoms with van der Waals surface area (Å²) in [6.07, 6.45) is 2.08. The molecule has 0 fully saturated rings. The second-order valence-electron chi connectivity index (χ2n) is 7.20. The molecule has 7 heteroatoms. The van der Waals surface area contributed by atoms with E-state index in [9.17, 15) is 9.59 Å². The SMILES string of the molecule is Cc1cc(C)c(NC(=O)CNC(=O)CCc2ncc(-c3ccccc3Cl)o2)c(C)c1. The van der Waals surface area contributed by atoms with Crippen LogP contribution in [0.25, 0.3) is 11.3 Å². The van der Waals surface area contributed by atoms with Crippen LogP contribution < -0.4 is 10.6 Å². The van der Waals surface area contributed by atoms with Gasteiger partial charge < -0.3 is 15.1 Å². The lowest BCUT2D eigenvalue weighted by molar-refractivity contribution is -0.124. The normalized spacial score (nSPS) is 10.7. The van der Waals surface area contributed by atoms with E-state index in [0.29, 0.717) is 23.1 Å². The molecule has 0 unspecified atom stereocenters. The number of nitrogens with zero attached hydrogens (tertiary/aromatic N) is 1. The van der Waals surface area contributed by atoms with Gasteiger partial charge >= 0.3 is 0 Å². The number of nitrogens with one attached hydrogen (secondary N) is 2. The van der Waals surface area contributed by atoms with Crippen LogP contribution in [0.2, 0.25) is 5.02 Å². The zero-order valence-electron chi connectivity index (χ0n) is 17.2. The van der Waals surface area contributed by atoms with E-state index in [1.165, 1.54) is 0 Å². The highest BCUT2D eigenvalue weighted by molar-refractivity contribution is 6.33. The summed E-state index contributed by atoms with van der Waals surface area (Å²) in [4.78, 5) is 28.5. The highest BCUT2D eigenvalue weighted by atomic mass is 35.5. The van der Waals surface area contributed by atoms with Crippen molar-refractivity contribution in [2.75, 3.05) is 11.9 Å². The number of oxazole rings is 1. The zero-order chi connectivity index (χ0) is 21.7. The fraction of sp³-hybridized carbons (Fsp3) is 0.261. The fourth-order valence-electron chi connectivity index (χ4n) is 3.26. The first-order valence-corrected chi connectivity index (χ1v) is 10.1. The molecule has 0 saturated carbocycles.